The Bertz CT molecular complexity index is 657. The Morgan fingerprint density at radius 1 is 1.06 bits per heavy atom. The van der Waals surface area contributed by atoms with Crippen molar-refractivity contribution in [3.8, 4) is 0 Å². The lowest BCUT2D eigenvalue weighted by Crippen LogP contribution is -2.13. The number of benzene rings is 2. The maximum atomic E-state index is 12.1. The summed E-state index contributed by atoms with van der Waals surface area (Å²) in [5.74, 6) is 0. The fraction of sp³-hybridized carbons (Fsp3) is 0. The molecule has 0 aliphatic heterocycles. The summed E-state index contributed by atoms with van der Waals surface area (Å²) in [7, 11) is -3.72. The Labute approximate surface area is 115 Å². The van der Waals surface area contributed by atoms with Gasteiger partial charge in [-0.05, 0) is 36.4 Å². The van der Waals surface area contributed by atoms with Gasteiger partial charge in [0.2, 0.25) is 0 Å². The molecule has 0 heterocycles. The van der Waals surface area contributed by atoms with Crippen LogP contribution in [0.2, 0.25) is 10.0 Å². The lowest BCUT2D eigenvalue weighted by Gasteiger charge is -2.09. The predicted octanol–water partition coefficient (Wildman–Crippen LogP) is 3.59. The van der Waals surface area contributed by atoms with Gasteiger partial charge in [-0.25, -0.2) is 8.42 Å². The highest BCUT2D eigenvalue weighted by Gasteiger charge is 2.17. The average Bonchev–Trinajstić information content (AvgIpc) is 2.29. The van der Waals surface area contributed by atoms with E-state index < -0.39 is 10.0 Å². The van der Waals surface area contributed by atoms with E-state index in [0.29, 0.717) is 10.7 Å². The van der Waals surface area contributed by atoms with Crippen LogP contribution in [0.3, 0.4) is 0 Å². The van der Waals surface area contributed by atoms with E-state index in [0.717, 1.165) is 0 Å². The summed E-state index contributed by atoms with van der Waals surface area (Å²) < 4.78 is 26.6. The minimum absolute atomic E-state index is 0.0126. The van der Waals surface area contributed by atoms with E-state index in [2.05, 4.69) is 10.8 Å². The van der Waals surface area contributed by atoms with Gasteiger partial charge in [0.05, 0.1) is 5.02 Å². The number of sulfonamides is 1. The van der Waals surface area contributed by atoms with Crippen molar-refractivity contribution in [2.75, 3.05) is 4.72 Å². The average molecular weight is 301 g/mol. The lowest BCUT2D eigenvalue weighted by atomic mass is 10.3. The van der Waals surface area contributed by atoms with Crippen molar-refractivity contribution >= 4 is 38.9 Å². The summed E-state index contributed by atoms with van der Waals surface area (Å²) >= 11 is 11.6. The molecule has 0 spiro atoms. The molecule has 1 radical (unpaired) electrons. The predicted molar refractivity (Wildman–Crippen MR) is 72.5 cm³/mol. The van der Waals surface area contributed by atoms with Crippen molar-refractivity contribution in [2.24, 2.45) is 0 Å². The van der Waals surface area contributed by atoms with Crippen LogP contribution < -0.4 is 4.72 Å². The van der Waals surface area contributed by atoms with Gasteiger partial charge in [0.25, 0.3) is 10.0 Å². The maximum absolute atomic E-state index is 12.1. The zero-order valence-corrected chi connectivity index (χ0v) is 11.4. The SMILES string of the molecule is O=S(=O)(Nc1cc[c]cc1)c1ccc(Cl)cc1Cl. The molecule has 0 aliphatic rings. The topological polar surface area (TPSA) is 46.2 Å². The van der Waals surface area contributed by atoms with E-state index in [4.69, 9.17) is 23.2 Å². The fourth-order valence-electron chi connectivity index (χ4n) is 1.36. The van der Waals surface area contributed by atoms with Crippen LogP contribution in [0.1, 0.15) is 0 Å². The molecule has 2 aromatic carbocycles. The number of nitrogens with one attached hydrogen (secondary N) is 1. The zero-order chi connectivity index (χ0) is 13.2. The molecule has 6 heteroatoms. The molecule has 1 N–H and O–H groups in total. The van der Waals surface area contributed by atoms with Crippen molar-refractivity contribution in [1.82, 2.24) is 0 Å². The van der Waals surface area contributed by atoms with Gasteiger partial charge in [0, 0.05) is 10.7 Å². The Morgan fingerprint density at radius 2 is 1.72 bits per heavy atom. The maximum Gasteiger partial charge on any atom is 0.263 e. The van der Waals surface area contributed by atoms with Gasteiger partial charge in [0.1, 0.15) is 4.90 Å². The molecule has 0 unspecified atom stereocenters. The first-order valence-corrected chi connectivity index (χ1v) is 7.17. The molecular weight excluding hydrogens is 293 g/mol. The monoisotopic (exact) mass is 300 g/mol. The third-order valence-corrected chi connectivity index (χ3v) is 4.25. The van der Waals surface area contributed by atoms with E-state index >= 15 is 0 Å². The Hall–Kier alpha value is -1.23. The fourth-order valence-corrected chi connectivity index (χ4v) is 3.19. The van der Waals surface area contributed by atoms with Crippen LogP contribution in [0.25, 0.3) is 0 Å². The molecule has 0 aliphatic carbocycles. The first-order chi connectivity index (χ1) is 8.49. The number of hydrogen-bond donors (Lipinski definition) is 1. The van der Waals surface area contributed by atoms with Gasteiger partial charge in [-0.3, -0.25) is 4.72 Å². The van der Waals surface area contributed by atoms with Gasteiger partial charge in [-0.15, -0.1) is 0 Å². The second-order valence-electron chi connectivity index (χ2n) is 3.47. The van der Waals surface area contributed by atoms with Crippen LogP contribution in [-0.2, 0) is 10.0 Å². The van der Waals surface area contributed by atoms with Crippen LogP contribution in [0.4, 0.5) is 5.69 Å². The summed E-state index contributed by atoms with van der Waals surface area (Å²) in [5.41, 5.74) is 0.444. The van der Waals surface area contributed by atoms with E-state index in [1.165, 1.54) is 18.2 Å². The number of rotatable bonds is 3. The molecule has 93 valence electrons. The van der Waals surface area contributed by atoms with Crippen LogP contribution in [0.5, 0.6) is 0 Å². The molecule has 0 bridgehead atoms. The minimum atomic E-state index is -3.72. The van der Waals surface area contributed by atoms with Gasteiger partial charge in [-0.2, -0.15) is 0 Å². The molecule has 2 aromatic rings. The van der Waals surface area contributed by atoms with Gasteiger partial charge in [-0.1, -0.05) is 35.3 Å². The summed E-state index contributed by atoms with van der Waals surface area (Å²) in [5, 5.41) is 0.464. The Balaban J connectivity index is 2.37. The van der Waals surface area contributed by atoms with Crippen LogP contribution in [0, 0.1) is 6.07 Å². The van der Waals surface area contributed by atoms with Crippen molar-refractivity contribution in [2.45, 2.75) is 4.90 Å². The zero-order valence-electron chi connectivity index (χ0n) is 9.02. The van der Waals surface area contributed by atoms with Crippen LogP contribution in [-0.4, -0.2) is 8.42 Å². The molecule has 0 fully saturated rings. The van der Waals surface area contributed by atoms with Crippen molar-refractivity contribution in [1.29, 1.82) is 0 Å². The molecule has 0 saturated heterocycles. The highest BCUT2D eigenvalue weighted by Crippen LogP contribution is 2.26. The second-order valence-corrected chi connectivity index (χ2v) is 5.96. The molecule has 0 aromatic heterocycles. The third-order valence-electron chi connectivity index (χ3n) is 2.15. The largest absolute Gasteiger partial charge is 0.280 e. The van der Waals surface area contributed by atoms with Gasteiger partial charge in [0.15, 0.2) is 0 Å². The van der Waals surface area contributed by atoms with Crippen LogP contribution in [0.15, 0.2) is 47.4 Å². The summed E-state index contributed by atoms with van der Waals surface area (Å²) in [6.45, 7) is 0. The number of hydrogen-bond acceptors (Lipinski definition) is 2. The summed E-state index contributed by atoms with van der Waals surface area (Å²) in [6, 6.07) is 13.4. The Morgan fingerprint density at radius 3 is 2.33 bits per heavy atom. The Kier molecular flexibility index (Phi) is 3.80. The second kappa shape index (κ2) is 5.18. The molecule has 3 nitrogen and oxygen atoms in total. The molecular formula is C12H8Cl2NO2S. The van der Waals surface area contributed by atoms with Crippen molar-refractivity contribution in [3.05, 3.63) is 58.6 Å². The number of halogens is 2. The normalized spacial score (nSPS) is 11.2. The van der Waals surface area contributed by atoms with E-state index in [9.17, 15) is 8.42 Å². The molecule has 2 rings (SSSR count). The number of anilines is 1. The summed E-state index contributed by atoms with van der Waals surface area (Å²) in [4.78, 5) is -0.0126. The van der Waals surface area contributed by atoms with E-state index in [1.807, 2.05) is 0 Å². The standard InChI is InChI=1S/C12H8Cl2NO2S/c13-9-6-7-12(11(14)8-9)18(16,17)15-10-4-2-1-3-5-10/h2-8,15H. The van der Waals surface area contributed by atoms with Gasteiger partial charge < -0.3 is 0 Å². The minimum Gasteiger partial charge on any atom is -0.280 e. The highest BCUT2D eigenvalue weighted by molar-refractivity contribution is 7.92. The smallest absolute Gasteiger partial charge is 0.263 e. The molecule has 0 atom stereocenters. The first-order valence-electron chi connectivity index (χ1n) is 4.93. The first kappa shape index (κ1) is 13.2. The van der Waals surface area contributed by atoms with Crippen molar-refractivity contribution in [3.63, 3.8) is 0 Å². The van der Waals surface area contributed by atoms with Crippen molar-refractivity contribution < 1.29 is 8.42 Å². The highest BCUT2D eigenvalue weighted by atomic mass is 35.5. The lowest BCUT2D eigenvalue weighted by molar-refractivity contribution is 0.601. The molecule has 0 amide bonds. The van der Waals surface area contributed by atoms with E-state index in [-0.39, 0.29) is 9.92 Å². The quantitative estimate of drug-likeness (QED) is 0.941. The van der Waals surface area contributed by atoms with E-state index in [1.54, 1.807) is 24.3 Å². The molecule has 0 saturated carbocycles. The molecule has 18 heavy (non-hydrogen) atoms. The third kappa shape index (κ3) is 2.96. The summed E-state index contributed by atoms with van der Waals surface area (Å²) in [6.07, 6.45) is 0. The van der Waals surface area contributed by atoms with Crippen LogP contribution >= 0.6 is 23.2 Å². The van der Waals surface area contributed by atoms with Gasteiger partial charge >= 0.3 is 0 Å².